The van der Waals surface area contributed by atoms with Gasteiger partial charge < -0.3 is 9.64 Å². The fourth-order valence-electron chi connectivity index (χ4n) is 3.61. The van der Waals surface area contributed by atoms with Crippen molar-refractivity contribution >= 4 is 33.7 Å². The van der Waals surface area contributed by atoms with Crippen molar-refractivity contribution in [1.29, 1.82) is 10.5 Å². The molecule has 0 spiro atoms. The lowest BCUT2D eigenvalue weighted by molar-refractivity contribution is 0.0526. The molecule has 1 aromatic carbocycles. The Balaban J connectivity index is 1.80. The van der Waals surface area contributed by atoms with Crippen LogP contribution in [0.3, 0.4) is 0 Å². The number of carbonyl (C=O) groups is 1. The summed E-state index contributed by atoms with van der Waals surface area (Å²) in [5.74, 6) is -0.322. The van der Waals surface area contributed by atoms with Crippen LogP contribution in [0.25, 0.3) is 0 Å². The number of hydrogen-bond donors (Lipinski definition) is 0. The SMILES string of the molecule is CCOC(=O)c1c(N=Nc2ccc(N(CCC#N)CCC#N)cc2)sc2c1CCCC2. The molecule has 1 aromatic heterocycles. The average Bonchev–Trinajstić information content (AvgIpc) is 3.17. The summed E-state index contributed by atoms with van der Waals surface area (Å²) in [7, 11) is 0. The summed E-state index contributed by atoms with van der Waals surface area (Å²) in [6, 6.07) is 11.8. The first-order valence-corrected chi connectivity index (χ1v) is 11.3. The minimum atomic E-state index is -0.322. The molecule has 2 aromatic rings. The number of esters is 1. The lowest BCUT2D eigenvalue weighted by Crippen LogP contribution is -2.25. The number of rotatable bonds is 9. The molecular weight excluding hydrogens is 410 g/mol. The van der Waals surface area contributed by atoms with Gasteiger partial charge in [0.2, 0.25) is 0 Å². The van der Waals surface area contributed by atoms with Gasteiger partial charge in [-0.15, -0.1) is 21.6 Å². The Morgan fingerprint density at radius 1 is 1.10 bits per heavy atom. The van der Waals surface area contributed by atoms with Gasteiger partial charge in [-0.05, 0) is 62.4 Å². The van der Waals surface area contributed by atoms with Gasteiger partial charge in [-0.3, -0.25) is 0 Å². The number of azo groups is 1. The smallest absolute Gasteiger partial charge is 0.341 e. The third-order valence-electron chi connectivity index (χ3n) is 5.09. The zero-order chi connectivity index (χ0) is 22.1. The maximum absolute atomic E-state index is 12.5. The van der Waals surface area contributed by atoms with Crippen molar-refractivity contribution in [2.75, 3.05) is 24.6 Å². The highest BCUT2D eigenvalue weighted by Crippen LogP contribution is 2.41. The molecule has 0 bridgehead atoms. The van der Waals surface area contributed by atoms with Crippen LogP contribution >= 0.6 is 11.3 Å². The van der Waals surface area contributed by atoms with Crippen LogP contribution < -0.4 is 4.90 Å². The molecule has 0 unspecified atom stereocenters. The Hall–Kier alpha value is -3.23. The van der Waals surface area contributed by atoms with E-state index in [1.165, 1.54) is 16.2 Å². The Morgan fingerprint density at radius 2 is 1.77 bits per heavy atom. The van der Waals surface area contributed by atoms with E-state index in [4.69, 9.17) is 15.3 Å². The lowest BCUT2D eigenvalue weighted by atomic mass is 9.95. The highest BCUT2D eigenvalue weighted by atomic mass is 32.1. The standard InChI is InChI=1S/C23H25N5O2S/c1-2-30-23(29)21-19-7-3-4-8-20(19)31-22(21)27-26-17-9-11-18(12-10-17)28(15-5-13-24)16-6-14-25/h9-12H,2-8,15-16H2,1H3. The molecule has 1 heterocycles. The van der Waals surface area contributed by atoms with E-state index in [0.717, 1.165) is 36.9 Å². The van der Waals surface area contributed by atoms with Crippen LogP contribution in [-0.2, 0) is 17.6 Å². The van der Waals surface area contributed by atoms with Crippen molar-refractivity contribution in [2.45, 2.75) is 45.4 Å². The molecule has 0 atom stereocenters. The van der Waals surface area contributed by atoms with E-state index < -0.39 is 0 Å². The molecule has 1 aliphatic rings. The lowest BCUT2D eigenvalue weighted by Gasteiger charge is -2.22. The van der Waals surface area contributed by atoms with Crippen LogP contribution in [0.5, 0.6) is 0 Å². The van der Waals surface area contributed by atoms with Crippen molar-refractivity contribution in [1.82, 2.24) is 0 Å². The summed E-state index contributed by atoms with van der Waals surface area (Å²) in [6.45, 7) is 3.27. The van der Waals surface area contributed by atoms with Crippen molar-refractivity contribution in [3.05, 3.63) is 40.3 Å². The molecule has 0 amide bonds. The number of nitrogens with zero attached hydrogens (tertiary/aromatic N) is 5. The van der Waals surface area contributed by atoms with E-state index in [1.807, 2.05) is 29.2 Å². The van der Waals surface area contributed by atoms with Crippen molar-refractivity contribution in [3.8, 4) is 12.1 Å². The summed E-state index contributed by atoms with van der Waals surface area (Å²) in [6.07, 6.45) is 4.84. The second-order valence-electron chi connectivity index (χ2n) is 7.13. The molecule has 0 N–H and O–H groups in total. The number of benzene rings is 1. The number of ether oxygens (including phenoxy) is 1. The first kappa shape index (κ1) is 22.5. The Kier molecular flexibility index (Phi) is 8.14. The molecule has 3 rings (SSSR count). The predicted octanol–water partition coefficient (Wildman–Crippen LogP) is 5.85. The summed E-state index contributed by atoms with van der Waals surface area (Å²) in [5.41, 5.74) is 3.25. The van der Waals surface area contributed by atoms with Gasteiger partial charge in [0.25, 0.3) is 0 Å². The molecule has 0 saturated heterocycles. The summed E-state index contributed by atoms with van der Waals surface area (Å²) >= 11 is 1.53. The number of fused-ring (bicyclic) bond motifs is 1. The minimum Gasteiger partial charge on any atom is -0.462 e. The van der Waals surface area contributed by atoms with Crippen molar-refractivity contribution in [2.24, 2.45) is 10.2 Å². The Morgan fingerprint density at radius 3 is 2.42 bits per heavy atom. The van der Waals surface area contributed by atoms with Crippen molar-refractivity contribution in [3.63, 3.8) is 0 Å². The fraction of sp³-hybridized carbons (Fsp3) is 0.435. The van der Waals surface area contributed by atoms with E-state index in [-0.39, 0.29) is 5.97 Å². The van der Waals surface area contributed by atoms with Crippen LogP contribution in [0, 0.1) is 22.7 Å². The van der Waals surface area contributed by atoms with Gasteiger partial charge in [0.05, 0.1) is 37.3 Å². The fourth-order valence-corrected chi connectivity index (χ4v) is 4.81. The van der Waals surface area contributed by atoms with Crippen LogP contribution in [0.15, 0.2) is 34.5 Å². The van der Waals surface area contributed by atoms with E-state index >= 15 is 0 Å². The summed E-state index contributed by atoms with van der Waals surface area (Å²) < 4.78 is 5.27. The first-order valence-electron chi connectivity index (χ1n) is 10.5. The number of aryl methyl sites for hydroxylation is 1. The number of thiophene rings is 1. The van der Waals surface area contributed by atoms with Crippen LogP contribution in [0.1, 0.15) is 53.4 Å². The molecule has 1 aliphatic carbocycles. The van der Waals surface area contributed by atoms with Gasteiger partial charge in [-0.25, -0.2) is 4.79 Å². The third kappa shape index (κ3) is 5.68. The Bertz CT molecular complexity index is 996. The van der Waals surface area contributed by atoms with E-state index in [1.54, 1.807) is 6.92 Å². The zero-order valence-corrected chi connectivity index (χ0v) is 18.5. The van der Waals surface area contributed by atoms with E-state index in [2.05, 4.69) is 22.4 Å². The highest BCUT2D eigenvalue weighted by molar-refractivity contribution is 7.16. The predicted molar refractivity (Wildman–Crippen MR) is 120 cm³/mol. The monoisotopic (exact) mass is 435 g/mol. The molecule has 160 valence electrons. The summed E-state index contributed by atoms with van der Waals surface area (Å²) in [4.78, 5) is 15.8. The number of anilines is 1. The van der Waals surface area contributed by atoms with Gasteiger partial charge in [0, 0.05) is 23.7 Å². The maximum atomic E-state index is 12.5. The molecule has 0 saturated carbocycles. The minimum absolute atomic E-state index is 0.322. The van der Waals surface area contributed by atoms with Gasteiger partial charge in [0.15, 0.2) is 5.00 Å². The van der Waals surface area contributed by atoms with Crippen LogP contribution in [0.2, 0.25) is 0 Å². The Labute approximate surface area is 186 Å². The topological polar surface area (TPSA) is 102 Å². The number of nitriles is 2. The van der Waals surface area contributed by atoms with E-state index in [9.17, 15) is 4.79 Å². The highest BCUT2D eigenvalue weighted by Gasteiger charge is 2.26. The van der Waals surface area contributed by atoms with Crippen LogP contribution in [-0.4, -0.2) is 25.7 Å². The van der Waals surface area contributed by atoms with Gasteiger partial charge >= 0.3 is 5.97 Å². The summed E-state index contributed by atoms with van der Waals surface area (Å²) in [5, 5.41) is 27.1. The molecule has 7 nitrogen and oxygen atoms in total. The van der Waals surface area contributed by atoms with Gasteiger partial charge in [-0.1, -0.05) is 0 Å². The molecule has 0 radical (unpaired) electrons. The largest absolute Gasteiger partial charge is 0.462 e. The third-order valence-corrected chi connectivity index (χ3v) is 6.27. The van der Waals surface area contributed by atoms with Crippen LogP contribution in [0.4, 0.5) is 16.4 Å². The van der Waals surface area contributed by atoms with Crippen molar-refractivity contribution < 1.29 is 9.53 Å². The molecule has 31 heavy (non-hydrogen) atoms. The van der Waals surface area contributed by atoms with Gasteiger partial charge in [-0.2, -0.15) is 10.5 Å². The second kappa shape index (κ2) is 11.2. The number of carbonyl (C=O) groups excluding carboxylic acids is 1. The molecule has 0 aliphatic heterocycles. The first-order chi connectivity index (χ1) is 15.2. The normalized spacial score (nSPS) is 12.7. The number of hydrogen-bond acceptors (Lipinski definition) is 8. The zero-order valence-electron chi connectivity index (χ0n) is 17.6. The quantitative estimate of drug-likeness (QED) is 0.363. The molecular formula is C23H25N5O2S. The maximum Gasteiger partial charge on any atom is 0.341 e. The molecule has 8 heteroatoms. The van der Waals surface area contributed by atoms with E-state index in [0.29, 0.717) is 48.8 Å². The average molecular weight is 436 g/mol. The van der Waals surface area contributed by atoms with Gasteiger partial charge in [0.1, 0.15) is 5.56 Å². The molecule has 0 fully saturated rings. The second-order valence-corrected chi connectivity index (χ2v) is 8.21.